The summed E-state index contributed by atoms with van der Waals surface area (Å²) in [5, 5.41) is 3.86. The summed E-state index contributed by atoms with van der Waals surface area (Å²) in [5.74, 6) is 1.90. The van der Waals surface area contributed by atoms with Crippen LogP contribution in [0.1, 0.15) is 31.9 Å². The van der Waals surface area contributed by atoms with Crippen molar-refractivity contribution in [3.05, 3.63) is 22.8 Å². The zero-order valence-electron chi connectivity index (χ0n) is 11.2. The number of aromatic nitrogens is 1. The maximum atomic E-state index is 6.15. The van der Waals surface area contributed by atoms with Gasteiger partial charge in [0.25, 0.3) is 0 Å². The van der Waals surface area contributed by atoms with Crippen molar-refractivity contribution in [3.8, 4) is 0 Å². The Bertz CT molecular complexity index is 395. The lowest BCUT2D eigenvalue weighted by atomic mass is 10.0. The number of nitrogens with one attached hydrogen (secondary N) is 1. The summed E-state index contributed by atoms with van der Waals surface area (Å²) in [4.78, 5) is 7.07. The predicted molar refractivity (Wildman–Crippen MR) is 77.2 cm³/mol. The third-order valence-electron chi connectivity index (χ3n) is 3.59. The van der Waals surface area contributed by atoms with E-state index in [0.717, 1.165) is 42.1 Å². The lowest BCUT2D eigenvalue weighted by Gasteiger charge is -2.22. The molecule has 0 bridgehead atoms. The second kappa shape index (κ2) is 6.39. The summed E-state index contributed by atoms with van der Waals surface area (Å²) < 4.78 is 0. The zero-order valence-corrected chi connectivity index (χ0v) is 12.0. The molecule has 3 nitrogen and oxygen atoms in total. The van der Waals surface area contributed by atoms with Crippen LogP contribution in [0.25, 0.3) is 0 Å². The van der Waals surface area contributed by atoms with Crippen molar-refractivity contribution >= 4 is 17.4 Å². The molecular formula is C14H22ClN3. The molecule has 0 radical (unpaired) electrons. The molecule has 18 heavy (non-hydrogen) atoms. The third-order valence-corrected chi connectivity index (χ3v) is 3.93. The molecule has 1 unspecified atom stereocenters. The normalized spacial score (nSPS) is 20.8. The van der Waals surface area contributed by atoms with Crippen LogP contribution in [0.2, 0.25) is 5.02 Å². The number of rotatable bonds is 3. The molecule has 1 N–H and O–H groups in total. The summed E-state index contributed by atoms with van der Waals surface area (Å²) in [7, 11) is 1.91. The van der Waals surface area contributed by atoms with Crippen LogP contribution in [-0.2, 0) is 6.54 Å². The van der Waals surface area contributed by atoms with E-state index < -0.39 is 0 Å². The topological polar surface area (TPSA) is 28.2 Å². The Morgan fingerprint density at radius 2 is 2.22 bits per heavy atom. The van der Waals surface area contributed by atoms with E-state index in [1.165, 1.54) is 19.3 Å². The van der Waals surface area contributed by atoms with E-state index in [9.17, 15) is 0 Å². The molecule has 2 heterocycles. The Hall–Kier alpha value is -0.800. The Balaban J connectivity index is 2.14. The molecule has 100 valence electrons. The molecule has 0 aromatic carbocycles. The van der Waals surface area contributed by atoms with E-state index in [1.54, 1.807) is 0 Å². The van der Waals surface area contributed by atoms with E-state index in [0.29, 0.717) is 0 Å². The summed E-state index contributed by atoms with van der Waals surface area (Å²) in [5.41, 5.74) is 0.939. The second-order valence-electron chi connectivity index (χ2n) is 5.15. The fraction of sp³-hybridized carbons (Fsp3) is 0.643. The lowest BCUT2D eigenvalue weighted by molar-refractivity contribution is 0.521. The van der Waals surface area contributed by atoms with Gasteiger partial charge in [-0.25, -0.2) is 4.98 Å². The highest BCUT2D eigenvalue weighted by Crippen LogP contribution is 2.23. The zero-order chi connectivity index (χ0) is 13.0. The van der Waals surface area contributed by atoms with Gasteiger partial charge in [-0.3, -0.25) is 0 Å². The molecule has 0 aliphatic carbocycles. The van der Waals surface area contributed by atoms with Gasteiger partial charge in [0.15, 0.2) is 0 Å². The number of hydrogen-bond acceptors (Lipinski definition) is 3. The lowest BCUT2D eigenvalue weighted by Crippen LogP contribution is -2.25. The van der Waals surface area contributed by atoms with Gasteiger partial charge in [0.2, 0.25) is 0 Å². The maximum absolute atomic E-state index is 6.15. The van der Waals surface area contributed by atoms with Gasteiger partial charge < -0.3 is 10.2 Å². The number of pyridine rings is 1. The van der Waals surface area contributed by atoms with Gasteiger partial charge in [-0.1, -0.05) is 18.5 Å². The highest BCUT2D eigenvalue weighted by Gasteiger charge is 2.15. The van der Waals surface area contributed by atoms with Gasteiger partial charge in [0, 0.05) is 19.6 Å². The van der Waals surface area contributed by atoms with Crippen molar-refractivity contribution in [1.29, 1.82) is 0 Å². The molecule has 0 saturated carbocycles. The smallest absolute Gasteiger partial charge is 0.128 e. The predicted octanol–water partition coefficient (Wildman–Crippen LogP) is 3.08. The number of hydrogen-bond donors (Lipinski definition) is 1. The molecule has 1 aromatic heterocycles. The average Bonchev–Trinajstić information content (AvgIpc) is 2.57. The van der Waals surface area contributed by atoms with Crippen molar-refractivity contribution in [3.63, 3.8) is 0 Å². The molecule has 1 saturated heterocycles. The molecule has 1 fully saturated rings. The van der Waals surface area contributed by atoms with Crippen LogP contribution >= 0.6 is 11.6 Å². The molecule has 1 aliphatic rings. The highest BCUT2D eigenvalue weighted by atomic mass is 35.5. The molecule has 2 rings (SSSR count). The molecule has 4 heteroatoms. The van der Waals surface area contributed by atoms with E-state index in [4.69, 9.17) is 11.6 Å². The first-order chi connectivity index (χ1) is 8.70. The summed E-state index contributed by atoms with van der Waals surface area (Å²) >= 11 is 6.15. The number of anilines is 1. The average molecular weight is 268 g/mol. The highest BCUT2D eigenvalue weighted by molar-refractivity contribution is 6.31. The Labute approximate surface area is 115 Å². The van der Waals surface area contributed by atoms with Gasteiger partial charge >= 0.3 is 0 Å². The summed E-state index contributed by atoms with van der Waals surface area (Å²) in [6.45, 7) is 5.27. The molecule has 1 atom stereocenters. The maximum Gasteiger partial charge on any atom is 0.128 e. The van der Waals surface area contributed by atoms with Gasteiger partial charge in [-0.05, 0) is 44.4 Å². The number of halogens is 1. The van der Waals surface area contributed by atoms with Gasteiger partial charge in [-0.2, -0.15) is 0 Å². The van der Waals surface area contributed by atoms with E-state index >= 15 is 0 Å². The Kier molecular flexibility index (Phi) is 4.84. The minimum atomic E-state index is 0.719. The fourth-order valence-corrected chi connectivity index (χ4v) is 2.60. The summed E-state index contributed by atoms with van der Waals surface area (Å²) in [6, 6.07) is 4.00. The van der Waals surface area contributed by atoms with Crippen molar-refractivity contribution in [2.75, 3.05) is 25.0 Å². The second-order valence-corrected chi connectivity index (χ2v) is 5.56. The number of nitrogens with zero attached hydrogens (tertiary/aromatic N) is 2. The van der Waals surface area contributed by atoms with Crippen LogP contribution in [0.15, 0.2) is 12.1 Å². The molecule has 0 amide bonds. The first kappa shape index (κ1) is 13.6. The monoisotopic (exact) mass is 267 g/mol. The van der Waals surface area contributed by atoms with E-state index in [2.05, 4.69) is 22.1 Å². The van der Waals surface area contributed by atoms with E-state index in [-0.39, 0.29) is 0 Å². The van der Waals surface area contributed by atoms with Crippen LogP contribution in [-0.4, -0.2) is 25.1 Å². The van der Waals surface area contributed by atoms with Crippen LogP contribution in [0.4, 0.5) is 5.82 Å². The minimum Gasteiger partial charge on any atom is -0.357 e. The quantitative estimate of drug-likeness (QED) is 0.912. The van der Waals surface area contributed by atoms with Gasteiger partial charge in [0.05, 0.1) is 10.7 Å². The summed E-state index contributed by atoms with van der Waals surface area (Å²) in [6.07, 6.45) is 3.84. The van der Waals surface area contributed by atoms with Crippen LogP contribution in [0.3, 0.4) is 0 Å². The molecular weight excluding hydrogens is 246 g/mol. The Morgan fingerprint density at radius 1 is 1.39 bits per heavy atom. The SMILES string of the molecule is CNCc1nc(N2CCCC(C)CC2)ccc1Cl. The van der Waals surface area contributed by atoms with E-state index in [1.807, 2.05) is 19.2 Å². The molecule has 1 aliphatic heterocycles. The van der Waals surface area contributed by atoms with Crippen molar-refractivity contribution in [1.82, 2.24) is 10.3 Å². The van der Waals surface area contributed by atoms with Crippen molar-refractivity contribution in [2.24, 2.45) is 5.92 Å². The fourth-order valence-electron chi connectivity index (χ4n) is 2.43. The van der Waals surface area contributed by atoms with Crippen molar-refractivity contribution in [2.45, 2.75) is 32.7 Å². The van der Waals surface area contributed by atoms with Gasteiger partial charge in [-0.15, -0.1) is 0 Å². The first-order valence-electron chi connectivity index (χ1n) is 6.75. The van der Waals surface area contributed by atoms with Gasteiger partial charge in [0.1, 0.15) is 5.82 Å². The van der Waals surface area contributed by atoms with Crippen LogP contribution in [0.5, 0.6) is 0 Å². The van der Waals surface area contributed by atoms with Crippen LogP contribution in [0, 0.1) is 5.92 Å². The molecule has 0 spiro atoms. The van der Waals surface area contributed by atoms with Crippen LogP contribution < -0.4 is 10.2 Å². The molecule has 1 aromatic rings. The van der Waals surface area contributed by atoms with Crippen molar-refractivity contribution < 1.29 is 0 Å². The minimum absolute atomic E-state index is 0.719. The largest absolute Gasteiger partial charge is 0.357 e. The third kappa shape index (κ3) is 3.36. The first-order valence-corrected chi connectivity index (χ1v) is 7.13. The standard InChI is InChI=1S/C14H22ClN3/c1-11-4-3-8-18(9-7-11)14-6-5-12(15)13(17-14)10-16-2/h5-6,11,16H,3-4,7-10H2,1-2H3. The Morgan fingerprint density at radius 3 is 3.00 bits per heavy atom.